The second-order valence-corrected chi connectivity index (χ2v) is 4.56. The van der Waals surface area contributed by atoms with Gasteiger partial charge in [-0.05, 0) is 43.3 Å². The molecule has 0 atom stereocenters. The Labute approximate surface area is 102 Å². The van der Waals surface area contributed by atoms with Crippen LogP contribution in [0.5, 0.6) is 0 Å². The second kappa shape index (κ2) is 4.72. The minimum absolute atomic E-state index is 0.648. The summed E-state index contributed by atoms with van der Waals surface area (Å²) in [5.41, 5.74) is 10.2. The highest BCUT2D eigenvalue weighted by molar-refractivity contribution is 5.83. The van der Waals surface area contributed by atoms with Crippen molar-refractivity contribution in [2.24, 2.45) is 5.73 Å². The average Bonchev–Trinajstić information content (AvgIpc) is 2.29. The number of aryl methyl sites for hydroxylation is 1. The Bertz CT molecular complexity index is 532. The maximum absolute atomic E-state index is 5.59. The molecule has 1 aromatic carbocycles. The molecule has 2 rings (SSSR count). The summed E-state index contributed by atoms with van der Waals surface area (Å²) in [4.78, 5) is 6.77. The number of nitrogens with zero attached hydrogens (tertiary/aromatic N) is 2. The highest BCUT2D eigenvalue weighted by Crippen LogP contribution is 2.22. The molecule has 3 heteroatoms. The first-order chi connectivity index (χ1) is 8.11. The van der Waals surface area contributed by atoms with Gasteiger partial charge in [0.15, 0.2) is 0 Å². The first-order valence-corrected chi connectivity index (χ1v) is 5.89. The summed E-state index contributed by atoms with van der Waals surface area (Å²) < 4.78 is 0. The Morgan fingerprint density at radius 2 is 2.00 bits per heavy atom. The first kappa shape index (κ1) is 11.9. The van der Waals surface area contributed by atoms with E-state index in [1.807, 2.05) is 14.1 Å². The van der Waals surface area contributed by atoms with Gasteiger partial charge in [0.05, 0.1) is 5.52 Å². The van der Waals surface area contributed by atoms with Crippen LogP contribution in [0.4, 0.5) is 5.69 Å². The number of aromatic nitrogens is 1. The fourth-order valence-electron chi connectivity index (χ4n) is 1.98. The maximum atomic E-state index is 5.59. The van der Waals surface area contributed by atoms with Crippen molar-refractivity contribution >= 4 is 16.6 Å². The lowest BCUT2D eigenvalue weighted by atomic mass is 10.1. The van der Waals surface area contributed by atoms with Gasteiger partial charge in [0, 0.05) is 37.3 Å². The standard InChI is InChI=1S/C14H19N3/c1-10-8-11-9-12(17(2)3)4-5-14(11)16-13(10)6-7-15/h4-5,8-9H,6-7,15H2,1-3H3. The molecule has 0 saturated heterocycles. The van der Waals surface area contributed by atoms with Gasteiger partial charge in [-0.1, -0.05) is 0 Å². The summed E-state index contributed by atoms with van der Waals surface area (Å²) in [6.07, 6.45) is 0.844. The van der Waals surface area contributed by atoms with E-state index in [1.165, 1.54) is 16.6 Å². The quantitative estimate of drug-likeness (QED) is 0.876. The molecule has 0 fully saturated rings. The summed E-state index contributed by atoms with van der Waals surface area (Å²) >= 11 is 0. The van der Waals surface area contributed by atoms with Gasteiger partial charge in [0.2, 0.25) is 0 Å². The van der Waals surface area contributed by atoms with E-state index in [0.717, 1.165) is 17.6 Å². The van der Waals surface area contributed by atoms with Crippen molar-refractivity contribution in [3.05, 3.63) is 35.5 Å². The number of rotatable bonds is 3. The van der Waals surface area contributed by atoms with Gasteiger partial charge in [-0.25, -0.2) is 0 Å². The zero-order valence-corrected chi connectivity index (χ0v) is 10.7. The van der Waals surface area contributed by atoms with Gasteiger partial charge in [-0.3, -0.25) is 4.98 Å². The zero-order chi connectivity index (χ0) is 12.4. The molecule has 3 nitrogen and oxygen atoms in total. The van der Waals surface area contributed by atoms with Crippen molar-refractivity contribution in [1.82, 2.24) is 4.98 Å². The van der Waals surface area contributed by atoms with E-state index < -0.39 is 0 Å². The molecule has 0 bridgehead atoms. The number of fused-ring (bicyclic) bond motifs is 1. The normalized spacial score (nSPS) is 10.8. The topological polar surface area (TPSA) is 42.2 Å². The summed E-state index contributed by atoms with van der Waals surface area (Å²) in [6.45, 7) is 2.74. The predicted octanol–water partition coefficient (Wildman–Crippen LogP) is 2.11. The maximum Gasteiger partial charge on any atom is 0.0707 e. The Balaban J connectivity index is 2.54. The van der Waals surface area contributed by atoms with E-state index >= 15 is 0 Å². The van der Waals surface area contributed by atoms with Crippen LogP contribution in [0.25, 0.3) is 10.9 Å². The van der Waals surface area contributed by atoms with Gasteiger partial charge in [-0.2, -0.15) is 0 Å². The van der Waals surface area contributed by atoms with Gasteiger partial charge >= 0.3 is 0 Å². The number of hydrogen-bond acceptors (Lipinski definition) is 3. The Morgan fingerprint density at radius 1 is 1.24 bits per heavy atom. The van der Waals surface area contributed by atoms with Crippen molar-refractivity contribution in [2.45, 2.75) is 13.3 Å². The molecule has 1 heterocycles. The molecule has 0 spiro atoms. The van der Waals surface area contributed by atoms with Crippen molar-refractivity contribution in [3.8, 4) is 0 Å². The number of benzene rings is 1. The van der Waals surface area contributed by atoms with Gasteiger partial charge < -0.3 is 10.6 Å². The Morgan fingerprint density at radius 3 is 2.65 bits per heavy atom. The highest BCUT2D eigenvalue weighted by atomic mass is 15.1. The van der Waals surface area contributed by atoms with Crippen LogP contribution in [0, 0.1) is 6.92 Å². The van der Waals surface area contributed by atoms with Crippen LogP contribution in [-0.2, 0) is 6.42 Å². The number of nitrogens with two attached hydrogens (primary N) is 1. The van der Waals surface area contributed by atoms with Gasteiger partial charge in [0.25, 0.3) is 0 Å². The third-order valence-electron chi connectivity index (χ3n) is 2.99. The highest BCUT2D eigenvalue weighted by Gasteiger charge is 2.04. The van der Waals surface area contributed by atoms with Crippen molar-refractivity contribution in [3.63, 3.8) is 0 Å². The molecule has 0 aliphatic carbocycles. The minimum Gasteiger partial charge on any atom is -0.378 e. The molecule has 0 unspecified atom stereocenters. The number of pyridine rings is 1. The average molecular weight is 229 g/mol. The predicted molar refractivity (Wildman–Crippen MR) is 73.6 cm³/mol. The molecule has 0 radical (unpaired) electrons. The first-order valence-electron chi connectivity index (χ1n) is 5.89. The van der Waals surface area contributed by atoms with Crippen LogP contribution in [0.3, 0.4) is 0 Å². The Hall–Kier alpha value is -1.61. The molecule has 17 heavy (non-hydrogen) atoms. The third-order valence-corrected chi connectivity index (χ3v) is 2.99. The third kappa shape index (κ3) is 2.39. The molecule has 0 aliphatic heterocycles. The van der Waals surface area contributed by atoms with Crippen LogP contribution < -0.4 is 10.6 Å². The fourth-order valence-corrected chi connectivity index (χ4v) is 1.98. The van der Waals surface area contributed by atoms with Gasteiger partial charge in [0.1, 0.15) is 0 Å². The second-order valence-electron chi connectivity index (χ2n) is 4.56. The lowest BCUT2D eigenvalue weighted by Crippen LogP contribution is -2.09. The molecule has 90 valence electrons. The van der Waals surface area contributed by atoms with E-state index in [4.69, 9.17) is 5.73 Å². The summed E-state index contributed by atoms with van der Waals surface area (Å²) in [6, 6.07) is 8.53. The molecule has 2 N–H and O–H groups in total. The van der Waals surface area contributed by atoms with Crippen molar-refractivity contribution in [2.75, 3.05) is 25.5 Å². The molecular formula is C14H19N3. The van der Waals surface area contributed by atoms with E-state index in [0.29, 0.717) is 6.54 Å². The molecular weight excluding hydrogens is 210 g/mol. The Kier molecular flexibility index (Phi) is 3.29. The van der Waals surface area contributed by atoms with Crippen LogP contribution in [-0.4, -0.2) is 25.6 Å². The lowest BCUT2D eigenvalue weighted by Gasteiger charge is -2.13. The molecule has 1 aromatic heterocycles. The monoisotopic (exact) mass is 229 g/mol. The van der Waals surface area contributed by atoms with E-state index in [-0.39, 0.29) is 0 Å². The van der Waals surface area contributed by atoms with Crippen LogP contribution in [0.15, 0.2) is 24.3 Å². The van der Waals surface area contributed by atoms with Crippen molar-refractivity contribution < 1.29 is 0 Å². The smallest absolute Gasteiger partial charge is 0.0707 e. The summed E-state index contributed by atoms with van der Waals surface area (Å²) in [5, 5.41) is 1.19. The molecule has 2 aromatic rings. The van der Waals surface area contributed by atoms with Crippen molar-refractivity contribution in [1.29, 1.82) is 0 Å². The largest absolute Gasteiger partial charge is 0.378 e. The summed E-state index contributed by atoms with van der Waals surface area (Å²) in [7, 11) is 4.09. The molecule has 0 amide bonds. The fraction of sp³-hybridized carbons (Fsp3) is 0.357. The van der Waals surface area contributed by atoms with E-state index in [9.17, 15) is 0 Å². The van der Waals surface area contributed by atoms with E-state index in [1.54, 1.807) is 0 Å². The SMILES string of the molecule is Cc1cc2cc(N(C)C)ccc2nc1CCN. The molecule has 0 aliphatic rings. The number of anilines is 1. The molecule has 0 saturated carbocycles. The van der Waals surface area contributed by atoms with Crippen LogP contribution >= 0.6 is 0 Å². The lowest BCUT2D eigenvalue weighted by molar-refractivity contribution is 0.919. The van der Waals surface area contributed by atoms with Gasteiger partial charge in [-0.15, -0.1) is 0 Å². The number of hydrogen-bond donors (Lipinski definition) is 1. The van der Waals surface area contributed by atoms with E-state index in [2.05, 4.69) is 41.1 Å². The van der Waals surface area contributed by atoms with Crippen LogP contribution in [0.1, 0.15) is 11.3 Å². The summed E-state index contributed by atoms with van der Waals surface area (Å²) in [5.74, 6) is 0. The van der Waals surface area contributed by atoms with Crippen LogP contribution in [0.2, 0.25) is 0 Å². The minimum atomic E-state index is 0.648. The zero-order valence-electron chi connectivity index (χ0n) is 10.7.